The lowest BCUT2D eigenvalue weighted by Crippen LogP contribution is -2.48. The van der Waals surface area contributed by atoms with Gasteiger partial charge in [0.05, 0.1) is 23.8 Å². The van der Waals surface area contributed by atoms with Crippen LogP contribution in [0, 0.1) is 0 Å². The van der Waals surface area contributed by atoms with Crippen LogP contribution in [0.2, 0.25) is 5.02 Å². The molecule has 1 N–H and O–H groups in total. The molecule has 1 aromatic rings. The normalized spacial score (nSPS) is 17.8. The number of likely N-dealkylation sites (N-methyl/N-ethyl adjacent to an activating group) is 1. The van der Waals surface area contributed by atoms with Gasteiger partial charge in [0, 0.05) is 12.6 Å². The summed E-state index contributed by atoms with van der Waals surface area (Å²) >= 11 is 6.03. The molecule has 1 saturated heterocycles. The third-order valence-corrected chi connectivity index (χ3v) is 4.71. The second kappa shape index (κ2) is 9.04. The molecule has 1 atom stereocenters. The molecule has 0 spiro atoms. The fraction of sp³-hybridized carbons (Fsp3) is 0.556. The Bertz CT molecular complexity index is 579. The van der Waals surface area contributed by atoms with E-state index in [2.05, 4.69) is 12.2 Å². The van der Waals surface area contributed by atoms with E-state index in [1.54, 1.807) is 24.1 Å². The number of halogens is 1. The standard InChI is InChI=1S/C18H26ClN3O2/c1-3-14-8-6-7-11-22(14)18(24)13-21(2)12-17(23)20-16-10-5-4-9-15(16)19/h4-5,9-10,14H,3,6-8,11-13H2,1-2H3,(H,20,23)/t14-/m1/s1. The summed E-state index contributed by atoms with van der Waals surface area (Å²) in [5.41, 5.74) is 0.589. The highest BCUT2D eigenvalue weighted by molar-refractivity contribution is 6.33. The second-order valence-electron chi connectivity index (χ2n) is 6.35. The number of anilines is 1. The van der Waals surface area contributed by atoms with Crippen LogP contribution in [0.3, 0.4) is 0 Å². The first-order chi connectivity index (χ1) is 11.5. The van der Waals surface area contributed by atoms with Gasteiger partial charge in [-0.05, 0) is 44.9 Å². The van der Waals surface area contributed by atoms with E-state index in [1.807, 2.05) is 17.0 Å². The lowest BCUT2D eigenvalue weighted by molar-refractivity contribution is -0.136. The minimum atomic E-state index is -0.177. The van der Waals surface area contributed by atoms with Gasteiger partial charge in [-0.2, -0.15) is 0 Å². The van der Waals surface area contributed by atoms with E-state index in [9.17, 15) is 9.59 Å². The number of benzene rings is 1. The third kappa shape index (κ3) is 5.21. The number of hydrogen-bond acceptors (Lipinski definition) is 3. The maximum absolute atomic E-state index is 12.5. The summed E-state index contributed by atoms with van der Waals surface area (Å²) < 4.78 is 0. The van der Waals surface area contributed by atoms with E-state index in [0.29, 0.717) is 16.8 Å². The van der Waals surface area contributed by atoms with Crippen LogP contribution in [0.15, 0.2) is 24.3 Å². The first-order valence-electron chi connectivity index (χ1n) is 8.53. The van der Waals surface area contributed by atoms with Gasteiger partial charge in [-0.1, -0.05) is 30.7 Å². The lowest BCUT2D eigenvalue weighted by atomic mass is 10.00. The lowest BCUT2D eigenvalue weighted by Gasteiger charge is -2.36. The zero-order valence-corrected chi connectivity index (χ0v) is 15.2. The largest absolute Gasteiger partial charge is 0.339 e. The summed E-state index contributed by atoms with van der Waals surface area (Å²) in [7, 11) is 1.79. The van der Waals surface area contributed by atoms with Crippen molar-refractivity contribution < 1.29 is 9.59 Å². The van der Waals surface area contributed by atoms with Crippen LogP contribution in [0.5, 0.6) is 0 Å². The van der Waals surface area contributed by atoms with E-state index in [4.69, 9.17) is 11.6 Å². The van der Waals surface area contributed by atoms with Crippen molar-refractivity contribution in [1.82, 2.24) is 9.80 Å². The van der Waals surface area contributed by atoms with Crippen molar-refractivity contribution in [3.8, 4) is 0 Å². The van der Waals surface area contributed by atoms with Gasteiger partial charge < -0.3 is 10.2 Å². The fourth-order valence-corrected chi connectivity index (χ4v) is 3.31. The molecule has 1 heterocycles. The predicted molar refractivity (Wildman–Crippen MR) is 97.2 cm³/mol. The summed E-state index contributed by atoms with van der Waals surface area (Å²) in [4.78, 5) is 28.3. The molecule has 0 unspecified atom stereocenters. The van der Waals surface area contributed by atoms with Gasteiger partial charge in [0.2, 0.25) is 11.8 Å². The van der Waals surface area contributed by atoms with Crippen molar-refractivity contribution in [2.45, 2.75) is 38.6 Å². The number of amides is 2. The number of nitrogens with one attached hydrogen (secondary N) is 1. The number of carbonyl (C=O) groups excluding carboxylic acids is 2. The molecule has 1 fully saturated rings. The Labute approximate surface area is 149 Å². The first-order valence-corrected chi connectivity index (χ1v) is 8.91. The second-order valence-corrected chi connectivity index (χ2v) is 6.75. The summed E-state index contributed by atoms with van der Waals surface area (Å²) in [6.45, 7) is 3.36. The number of nitrogens with zero attached hydrogens (tertiary/aromatic N) is 2. The SMILES string of the molecule is CC[C@@H]1CCCCN1C(=O)CN(C)CC(=O)Nc1ccccc1Cl. The van der Waals surface area contributed by atoms with Crippen LogP contribution >= 0.6 is 11.6 Å². The van der Waals surface area contributed by atoms with Crippen molar-refractivity contribution in [3.05, 3.63) is 29.3 Å². The molecule has 24 heavy (non-hydrogen) atoms. The monoisotopic (exact) mass is 351 g/mol. The number of para-hydroxylation sites is 1. The predicted octanol–water partition coefficient (Wildman–Crippen LogP) is 3.00. The molecular formula is C18H26ClN3O2. The van der Waals surface area contributed by atoms with E-state index in [1.165, 1.54) is 6.42 Å². The van der Waals surface area contributed by atoms with Crippen molar-refractivity contribution in [1.29, 1.82) is 0 Å². The minimum absolute atomic E-state index is 0.106. The maximum Gasteiger partial charge on any atom is 0.238 e. The molecule has 0 saturated carbocycles. The van der Waals surface area contributed by atoms with Crippen LogP contribution in [0.1, 0.15) is 32.6 Å². The Morgan fingerprint density at radius 1 is 1.29 bits per heavy atom. The summed E-state index contributed by atoms with van der Waals surface area (Å²) in [6, 6.07) is 7.45. The van der Waals surface area contributed by atoms with Gasteiger partial charge in [0.15, 0.2) is 0 Å². The van der Waals surface area contributed by atoms with E-state index in [0.717, 1.165) is 25.8 Å². The van der Waals surface area contributed by atoms with Crippen molar-refractivity contribution in [3.63, 3.8) is 0 Å². The molecule has 0 aromatic heterocycles. The van der Waals surface area contributed by atoms with Gasteiger partial charge in [-0.15, -0.1) is 0 Å². The van der Waals surface area contributed by atoms with Gasteiger partial charge >= 0.3 is 0 Å². The van der Waals surface area contributed by atoms with Gasteiger partial charge in [0.1, 0.15) is 0 Å². The van der Waals surface area contributed by atoms with Crippen LogP contribution < -0.4 is 5.32 Å². The molecule has 6 heteroatoms. The van der Waals surface area contributed by atoms with Crippen molar-refractivity contribution in [2.75, 3.05) is 32.0 Å². The molecule has 0 radical (unpaired) electrons. The Balaban J connectivity index is 1.83. The molecule has 0 aliphatic carbocycles. The number of piperidine rings is 1. The number of carbonyl (C=O) groups is 2. The summed E-state index contributed by atoms with van der Waals surface area (Å²) in [5, 5.41) is 3.28. The van der Waals surface area contributed by atoms with Crippen LogP contribution in [-0.4, -0.2) is 54.3 Å². The highest BCUT2D eigenvalue weighted by Gasteiger charge is 2.26. The van der Waals surface area contributed by atoms with Crippen LogP contribution in [-0.2, 0) is 9.59 Å². The molecule has 2 rings (SSSR count). The highest BCUT2D eigenvalue weighted by atomic mass is 35.5. The summed E-state index contributed by atoms with van der Waals surface area (Å²) in [6.07, 6.45) is 4.33. The highest BCUT2D eigenvalue weighted by Crippen LogP contribution is 2.21. The molecule has 1 aliphatic rings. The van der Waals surface area contributed by atoms with Gasteiger partial charge in [-0.25, -0.2) is 0 Å². The zero-order valence-electron chi connectivity index (χ0n) is 14.4. The summed E-state index contributed by atoms with van der Waals surface area (Å²) in [5.74, 6) is -0.0707. The fourth-order valence-electron chi connectivity index (χ4n) is 3.13. The average molecular weight is 352 g/mol. The Morgan fingerprint density at radius 3 is 2.75 bits per heavy atom. The van der Waals surface area contributed by atoms with Crippen LogP contribution in [0.4, 0.5) is 5.69 Å². The van der Waals surface area contributed by atoms with Crippen molar-refractivity contribution in [2.24, 2.45) is 0 Å². The molecule has 0 bridgehead atoms. The molecule has 2 amide bonds. The van der Waals surface area contributed by atoms with E-state index in [-0.39, 0.29) is 24.9 Å². The van der Waals surface area contributed by atoms with Gasteiger partial charge in [0.25, 0.3) is 0 Å². The first kappa shape index (κ1) is 18.7. The maximum atomic E-state index is 12.5. The molecule has 5 nitrogen and oxygen atoms in total. The quantitative estimate of drug-likeness (QED) is 0.857. The molecule has 132 valence electrons. The smallest absolute Gasteiger partial charge is 0.238 e. The number of likely N-dealkylation sites (tertiary alicyclic amines) is 1. The van der Waals surface area contributed by atoms with Gasteiger partial charge in [-0.3, -0.25) is 14.5 Å². The molecular weight excluding hydrogens is 326 g/mol. The van der Waals surface area contributed by atoms with Crippen molar-refractivity contribution >= 4 is 29.1 Å². The third-order valence-electron chi connectivity index (χ3n) is 4.39. The van der Waals surface area contributed by atoms with E-state index >= 15 is 0 Å². The minimum Gasteiger partial charge on any atom is -0.339 e. The average Bonchev–Trinajstić information content (AvgIpc) is 2.56. The Hall–Kier alpha value is -1.59. The van der Waals surface area contributed by atoms with Crippen LogP contribution in [0.25, 0.3) is 0 Å². The molecule has 1 aliphatic heterocycles. The Morgan fingerprint density at radius 2 is 2.04 bits per heavy atom. The Kier molecular flexibility index (Phi) is 7.06. The topological polar surface area (TPSA) is 52.7 Å². The zero-order chi connectivity index (χ0) is 17.5. The number of hydrogen-bond donors (Lipinski definition) is 1. The number of rotatable bonds is 6. The van der Waals surface area contributed by atoms with E-state index < -0.39 is 0 Å². The molecule has 1 aromatic carbocycles.